The van der Waals surface area contributed by atoms with Gasteiger partial charge >= 0.3 is 6.09 Å². The number of carbonyl (C=O) groups is 1. The second-order valence-electron chi connectivity index (χ2n) is 5.37. The van der Waals surface area contributed by atoms with E-state index in [-0.39, 0.29) is 11.5 Å². The standard InChI is InChI=1S/C17H19N3O4S/c1-20(2)13-18-25(22,23)16-10-6-9-15(11-16)19-17(21)24-12-14-7-4-3-5-8-14/h3-11,13H,12H2,1-2H3,(H,19,21). The highest BCUT2D eigenvalue weighted by Crippen LogP contribution is 2.17. The van der Waals surface area contributed by atoms with Gasteiger partial charge in [0.2, 0.25) is 0 Å². The van der Waals surface area contributed by atoms with Crippen LogP contribution in [0.5, 0.6) is 0 Å². The molecule has 2 aromatic carbocycles. The summed E-state index contributed by atoms with van der Waals surface area (Å²) in [7, 11) is -0.500. The fraction of sp³-hybridized carbons (Fsp3) is 0.176. The fourth-order valence-corrected chi connectivity index (χ4v) is 2.79. The number of nitrogens with one attached hydrogen (secondary N) is 1. The number of anilines is 1. The molecule has 0 aliphatic rings. The molecule has 0 fully saturated rings. The number of nitrogens with zero attached hydrogens (tertiary/aromatic N) is 2. The van der Waals surface area contributed by atoms with Gasteiger partial charge in [-0.1, -0.05) is 36.4 Å². The van der Waals surface area contributed by atoms with Crippen molar-refractivity contribution in [2.24, 2.45) is 4.40 Å². The first-order valence-electron chi connectivity index (χ1n) is 7.41. The van der Waals surface area contributed by atoms with E-state index in [2.05, 4.69) is 9.71 Å². The molecule has 2 aromatic rings. The largest absolute Gasteiger partial charge is 0.444 e. The average molecular weight is 361 g/mol. The zero-order valence-electron chi connectivity index (χ0n) is 13.9. The maximum atomic E-state index is 12.1. The van der Waals surface area contributed by atoms with Gasteiger partial charge in [0, 0.05) is 19.8 Å². The van der Waals surface area contributed by atoms with Crippen molar-refractivity contribution in [1.29, 1.82) is 0 Å². The lowest BCUT2D eigenvalue weighted by atomic mass is 10.2. The van der Waals surface area contributed by atoms with E-state index in [9.17, 15) is 13.2 Å². The third-order valence-corrected chi connectivity index (χ3v) is 4.23. The van der Waals surface area contributed by atoms with E-state index in [1.807, 2.05) is 30.3 Å². The molecule has 7 nitrogen and oxygen atoms in total. The van der Waals surface area contributed by atoms with Crippen LogP contribution in [0.1, 0.15) is 5.56 Å². The Morgan fingerprint density at radius 3 is 2.56 bits per heavy atom. The number of ether oxygens (including phenoxy) is 1. The van der Waals surface area contributed by atoms with Gasteiger partial charge < -0.3 is 9.64 Å². The number of carbonyl (C=O) groups excluding carboxylic acids is 1. The average Bonchev–Trinajstić information content (AvgIpc) is 2.59. The molecule has 2 rings (SSSR count). The van der Waals surface area contributed by atoms with Gasteiger partial charge in [-0.25, -0.2) is 4.79 Å². The molecule has 1 N–H and O–H groups in total. The molecule has 0 unspecified atom stereocenters. The number of sulfonamides is 1. The van der Waals surface area contributed by atoms with Gasteiger partial charge in [-0.15, -0.1) is 4.40 Å². The summed E-state index contributed by atoms with van der Waals surface area (Å²) in [6.07, 6.45) is 0.527. The molecule has 132 valence electrons. The topological polar surface area (TPSA) is 88.1 Å². The monoisotopic (exact) mass is 361 g/mol. The van der Waals surface area contributed by atoms with Crippen molar-refractivity contribution in [3.8, 4) is 0 Å². The van der Waals surface area contributed by atoms with Crippen LogP contribution in [0.15, 0.2) is 63.9 Å². The van der Waals surface area contributed by atoms with Crippen molar-refractivity contribution in [3.63, 3.8) is 0 Å². The van der Waals surface area contributed by atoms with Crippen LogP contribution < -0.4 is 5.32 Å². The Bertz CT molecular complexity index is 849. The molecule has 1 amide bonds. The number of hydrogen-bond acceptors (Lipinski definition) is 4. The summed E-state index contributed by atoms with van der Waals surface area (Å²) in [5.41, 5.74) is 1.16. The van der Waals surface area contributed by atoms with Crippen LogP contribution in [0.25, 0.3) is 0 Å². The predicted octanol–water partition coefficient (Wildman–Crippen LogP) is 2.71. The smallest absolute Gasteiger partial charge is 0.411 e. The van der Waals surface area contributed by atoms with Gasteiger partial charge in [0.05, 0.1) is 4.90 Å². The van der Waals surface area contributed by atoms with Crippen molar-refractivity contribution in [3.05, 3.63) is 60.2 Å². The zero-order chi connectivity index (χ0) is 18.3. The molecule has 8 heteroatoms. The van der Waals surface area contributed by atoms with Crippen LogP contribution in [0.4, 0.5) is 10.5 Å². The normalized spacial score (nSPS) is 11.3. The first-order valence-corrected chi connectivity index (χ1v) is 8.85. The summed E-state index contributed by atoms with van der Waals surface area (Å²) >= 11 is 0. The van der Waals surface area contributed by atoms with Crippen LogP contribution >= 0.6 is 0 Å². The van der Waals surface area contributed by atoms with E-state index < -0.39 is 16.1 Å². The van der Waals surface area contributed by atoms with Crippen molar-refractivity contribution in [2.45, 2.75) is 11.5 Å². The third-order valence-electron chi connectivity index (χ3n) is 3.01. The number of rotatable bonds is 6. The second-order valence-corrected chi connectivity index (χ2v) is 7.01. The molecule has 0 spiro atoms. The molecule has 0 aliphatic heterocycles. The molecular formula is C17H19N3O4S. The van der Waals surface area contributed by atoms with Crippen LogP contribution in [-0.4, -0.2) is 39.8 Å². The molecule has 0 saturated heterocycles. The molecule has 0 radical (unpaired) electrons. The third kappa shape index (κ3) is 5.92. The Hall–Kier alpha value is -2.87. The lowest BCUT2D eigenvalue weighted by Gasteiger charge is -2.08. The van der Waals surface area contributed by atoms with Gasteiger partial charge in [-0.2, -0.15) is 8.42 Å². The lowest BCUT2D eigenvalue weighted by Crippen LogP contribution is -2.14. The fourth-order valence-electron chi connectivity index (χ4n) is 1.83. The minimum atomic E-state index is -3.83. The molecule has 0 saturated carbocycles. The Morgan fingerprint density at radius 2 is 1.88 bits per heavy atom. The van der Waals surface area contributed by atoms with E-state index in [0.717, 1.165) is 5.56 Å². The Kier molecular flexibility index (Phi) is 6.13. The minimum Gasteiger partial charge on any atom is -0.444 e. The van der Waals surface area contributed by atoms with Crippen LogP contribution in [0.2, 0.25) is 0 Å². The van der Waals surface area contributed by atoms with Crippen molar-refractivity contribution < 1.29 is 17.9 Å². The van der Waals surface area contributed by atoms with E-state index in [0.29, 0.717) is 5.69 Å². The van der Waals surface area contributed by atoms with E-state index in [1.165, 1.54) is 29.4 Å². The highest BCUT2D eigenvalue weighted by atomic mass is 32.2. The van der Waals surface area contributed by atoms with E-state index >= 15 is 0 Å². The van der Waals surface area contributed by atoms with Gasteiger partial charge in [-0.05, 0) is 23.8 Å². The number of benzene rings is 2. The molecule has 25 heavy (non-hydrogen) atoms. The maximum absolute atomic E-state index is 12.1. The zero-order valence-corrected chi connectivity index (χ0v) is 14.7. The van der Waals surface area contributed by atoms with Gasteiger partial charge in [0.1, 0.15) is 12.9 Å². The molecule has 0 bridgehead atoms. The summed E-state index contributed by atoms with van der Waals surface area (Å²) < 4.78 is 32.9. The second kappa shape index (κ2) is 8.29. The molecule has 0 aliphatic carbocycles. The predicted molar refractivity (Wildman–Crippen MR) is 96.1 cm³/mol. The quantitative estimate of drug-likeness (QED) is 0.631. The maximum Gasteiger partial charge on any atom is 0.411 e. The lowest BCUT2D eigenvalue weighted by molar-refractivity contribution is 0.155. The van der Waals surface area contributed by atoms with Crippen LogP contribution in [-0.2, 0) is 21.4 Å². The van der Waals surface area contributed by atoms with Gasteiger partial charge in [0.25, 0.3) is 10.0 Å². The highest BCUT2D eigenvalue weighted by Gasteiger charge is 2.13. The summed E-state index contributed by atoms with van der Waals surface area (Å²) in [6, 6.07) is 15.1. The molecule has 0 aromatic heterocycles. The summed E-state index contributed by atoms with van der Waals surface area (Å²) in [6.45, 7) is 0.123. The first-order chi connectivity index (χ1) is 11.9. The SMILES string of the molecule is CN(C)C=NS(=O)(=O)c1cccc(NC(=O)OCc2ccccc2)c1. The number of hydrogen-bond donors (Lipinski definition) is 1. The van der Waals surface area contributed by atoms with Crippen molar-refractivity contribution in [1.82, 2.24) is 4.90 Å². The van der Waals surface area contributed by atoms with Crippen molar-refractivity contribution >= 4 is 28.1 Å². The first kappa shape index (κ1) is 18.5. The molecule has 0 heterocycles. The minimum absolute atomic E-state index is 0.0218. The summed E-state index contributed by atoms with van der Waals surface area (Å²) in [5.74, 6) is 0. The van der Waals surface area contributed by atoms with Gasteiger partial charge in [-0.3, -0.25) is 5.32 Å². The summed E-state index contributed by atoms with van der Waals surface area (Å²) in [4.78, 5) is 13.3. The van der Waals surface area contributed by atoms with Crippen LogP contribution in [0, 0.1) is 0 Å². The Morgan fingerprint density at radius 1 is 1.16 bits per heavy atom. The molecule has 0 atom stereocenters. The van der Waals surface area contributed by atoms with E-state index in [1.54, 1.807) is 20.2 Å². The van der Waals surface area contributed by atoms with Gasteiger partial charge in [0.15, 0.2) is 0 Å². The number of amides is 1. The summed E-state index contributed by atoms with van der Waals surface area (Å²) in [5, 5.41) is 2.50. The Labute approximate surface area is 147 Å². The van der Waals surface area contributed by atoms with Crippen LogP contribution in [0.3, 0.4) is 0 Å². The Balaban J connectivity index is 2.02. The van der Waals surface area contributed by atoms with Crippen molar-refractivity contribution in [2.75, 3.05) is 19.4 Å². The highest BCUT2D eigenvalue weighted by molar-refractivity contribution is 7.90. The molecular weight excluding hydrogens is 342 g/mol. The van der Waals surface area contributed by atoms with E-state index in [4.69, 9.17) is 4.74 Å².